The van der Waals surface area contributed by atoms with Crippen molar-refractivity contribution in [3.63, 3.8) is 0 Å². The van der Waals surface area contributed by atoms with Crippen LogP contribution in [0.1, 0.15) is 31.4 Å². The first kappa shape index (κ1) is 13.3. The van der Waals surface area contributed by atoms with Crippen LogP contribution in [0.2, 0.25) is 0 Å². The highest BCUT2D eigenvalue weighted by atomic mass is 19.1. The Kier molecular flexibility index (Phi) is 3.88. The van der Waals surface area contributed by atoms with Crippen molar-refractivity contribution in [3.8, 4) is 5.75 Å². The minimum Gasteiger partial charge on any atom is -0.491 e. The first-order valence-electron chi connectivity index (χ1n) is 6.45. The lowest BCUT2D eigenvalue weighted by atomic mass is 9.90. The molecule has 1 aliphatic carbocycles. The van der Waals surface area contributed by atoms with E-state index in [9.17, 15) is 4.39 Å². The van der Waals surface area contributed by atoms with Gasteiger partial charge in [-0.3, -0.25) is 0 Å². The van der Waals surface area contributed by atoms with Gasteiger partial charge in [-0.2, -0.15) is 0 Å². The van der Waals surface area contributed by atoms with Gasteiger partial charge in [0.15, 0.2) is 11.6 Å². The molecule has 0 saturated heterocycles. The van der Waals surface area contributed by atoms with Crippen LogP contribution >= 0.6 is 0 Å². The Labute approximate surface area is 108 Å². The van der Waals surface area contributed by atoms with E-state index in [1.807, 2.05) is 20.0 Å². The second-order valence-electron chi connectivity index (χ2n) is 4.99. The van der Waals surface area contributed by atoms with Gasteiger partial charge in [0, 0.05) is 18.0 Å². The number of hydrogen-bond acceptors (Lipinski definition) is 3. The van der Waals surface area contributed by atoms with Gasteiger partial charge in [-0.05, 0) is 44.5 Å². The normalized spacial score (nSPS) is 18.4. The highest BCUT2D eigenvalue weighted by molar-refractivity contribution is 5.33. The summed E-state index contributed by atoms with van der Waals surface area (Å²) in [5.41, 5.74) is 7.22. The van der Waals surface area contributed by atoms with E-state index in [1.54, 1.807) is 6.07 Å². The van der Waals surface area contributed by atoms with Crippen LogP contribution in [-0.2, 0) is 0 Å². The number of ether oxygens (including phenoxy) is 1. The van der Waals surface area contributed by atoms with E-state index in [-0.39, 0.29) is 17.3 Å². The number of halogens is 1. The number of nitrogens with one attached hydrogen (secondary N) is 1. The lowest BCUT2D eigenvalue weighted by molar-refractivity contribution is 0.320. The summed E-state index contributed by atoms with van der Waals surface area (Å²) >= 11 is 0. The van der Waals surface area contributed by atoms with E-state index >= 15 is 0 Å². The van der Waals surface area contributed by atoms with Gasteiger partial charge in [-0.15, -0.1) is 0 Å². The first-order chi connectivity index (χ1) is 8.63. The Balaban J connectivity index is 2.16. The molecule has 0 bridgehead atoms. The second kappa shape index (κ2) is 5.24. The van der Waals surface area contributed by atoms with E-state index in [1.165, 1.54) is 6.07 Å². The van der Waals surface area contributed by atoms with Gasteiger partial charge >= 0.3 is 0 Å². The van der Waals surface area contributed by atoms with Crippen LogP contribution in [0, 0.1) is 11.2 Å². The molecule has 1 fully saturated rings. The molecule has 0 aliphatic heterocycles. The van der Waals surface area contributed by atoms with Gasteiger partial charge in [0.1, 0.15) is 0 Å². The molecular weight excluding hydrogens is 231 g/mol. The van der Waals surface area contributed by atoms with Gasteiger partial charge in [0.25, 0.3) is 0 Å². The summed E-state index contributed by atoms with van der Waals surface area (Å²) in [6, 6.07) is 4.93. The molecule has 1 unspecified atom stereocenters. The predicted octanol–water partition coefficient (Wildman–Crippen LogP) is 2.22. The van der Waals surface area contributed by atoms with Crippen LogP contribution in [0.15, 0.2) is 18.2 Å². The van der Waals surface area contributed by atoms with Crippen molar-refractivity contribution in [2.45, 2.75) is 25.8 Å². The van der Waals surface area contributed by atoms with Gasteiger partial charge in [0.05, 0.1) is 6.61 Å². The fourth-order valence-electron chi connectivity index (χ4n) is 2.45. The summed E-state index contributed by atoms with van der Waals surface area (Å²) in [7, 11) is 1.92. The zero-order valence-corrected chi connectivity index (χ0v) is 11.0. The Morgan fingerprint density at radius 2 is 2.22 bits per heavy atom. The summed E-state index contributed by atoms with van der Waals surface area (Å²) in [5.74, 6) is -0.0306. The van der Waals surface area contributed by atoms with Crippen LogP contribution in [0.25, 0.3) is 0 Å². The molecule has 1 aromatic carbocycles. The van der Waals surface area contributed by atoms with Crippen molar-refractivity contribution < 1.29 is 9.13 Å². The molecular formula is C14H21FN2O. The fourth-order valence-corrected chi connectivity index (χ4v) is 2.45. The molecule has 1 aromatic rings. The van der Waals surface area contributed by atoms with Crippen LogP contribution < -0.4 is 15.8 Å². The van der Waals surface area contributed by atoms with Gasteiger partial charge in [-0.1, -0.05) is 6.07 Å². The Hall–Kier alpha value is -1.13. The van der Waals surface area contributed by atoms with Crippen molar-refractivity contribution in [1.82, 2.24) is 5.32 Å². The SMILES string of the molecule is CCOc1ccc(C(N)C2(CNC)CC2)cc1F. The molecule has 1 saturated carbocycles. The van der Waals surface area contributed by atoms with Crippen LogP contribution in [-0.4, -0.2) is 20.2 Å². The van der Waals surface area contributed by atoms with Crippen molar-refractivity contribution in [2.75, 3.05) is 20.2 Å². The van der Waals surface area contributed by atoms with E-state index in [2.05, 4.69) is 5.32 Å². The quantitative estimate of drug-likeness (QED) is 0.816. The zero-order valence-electron chi connectivity index (χ0n) is 11.0. The third kappa shape index (κ3) is 2.49. The van der Waals surface area contributed by atoms with E-state index in [0.29, 0.717) is 12.4 Å². The lowest BCUT2D eigenvalue weighted by Crippen LogP contribution is -2.31. The largest absolute Gasteiger partial charge is 0.491 e. The number of rotatable bonds is 6. The molecule has 0 amide bonds. The molecule has 4 heteroatoms. The predicted molar refractivity (Wildman–Crippen MR) is 70.1 cm³/mol. The van der Waals surface area contributed by atoms with E-state index in [0.717, 1.165) is 24.9 Å². The number of hydrogen-bond donors (Lipinski definition) is 2. The molecule has 1 aliphatic rings. The maximum absolute atomic E-state index is 13.8. The second-order valence-corrected chi connectivity index (χ2v) is 4.99. The minimum atomic E-state index is -0.329. The summed E-state index contributed by atoms with van der Waals surface area (Å²) in [5, 5.41) is 3.17. The van der Waals surface area contributed by atoms with Gasteiger partial charge < -0.3 is 15.8 Å². The molecule has 0 heterocycles. The van der Waals surface area contributed by atoms with Crippen molar-refractivity contribution in [2.24, 2.45) is 11.1 Å². The van der Waals surface area contributed by atoms with Crippen LogP contribution in [0.3, 0.4) is 0 Å². The average molecular weight is 252 g/mol. The lowest BCUT2D eigenvalue weighted by Gasteiger charge is -2.23. The fraction of sp³-hybridized carbons (Fsp3) is 0.571. The molecule has 0 spiro atoms. The van der Waals surface area contributed by atoms with E-state index < -0.39 is 0 Å². The summed E-state index contributed by atoms with van der Waals surface area (Å²) in [4.78, 5) is 0. The maximum atomic E-state index is 13.8. The molecule has 2 rings (SSSR count). The Morgan fingerprint density at radius 3 is 2.72 bits per heavy atom. The molecule has 100 valence electrons. The third-order valence-electron chi connectivity index (χ3n) is 3.70. The molecule has 3 nitrogen and oxygen atoms in total. The summed E-state index contributed by atoms with van der Waals surface area (Å²) in [6.45, 7) is 3.18. The summed E-state index contributed by atoms with van der Waals surface area (Å²) in [6.07, 6.45) is 2.20. The molecule has 18 heavy (non-hydrogen) atoms. The van der Waals surface area contributed by atoms with Crippen molar-refractivity contribution in [1.29, 1.82) is 0 Å². The topological polar surface area (TPSA) is 47.3 Å². The molecule has 1 atom stereocenters. The minimum absolute atomic E-state index is 0.105. The van der Waals surface area contributed by atoms with Crippen LogP contribution in [0.5, 0.6) is 5.75 Å². The first-order valence-corrected chi connectivity index (χ1v) is 6.45. The van der Waals surface area contributed by atoms with Gasteiger partial charge in [0.2, 0.25) is 0 Å². The number of nitrogens with two attached hydrogens (primary N) is 1. The average Bonchev–Trinajstić information content (AvgIpc) is 3.12. The van der Waals surface area contributed by atoms with Gasteiger partial charge in [-0.25, -0.2) is 4.39 Å². The van der Waals surface area contributed by atoms with E-state index in [4.69, 9.17) is 10.5 Å². The zero-order chi connectivity index (χ0) is 13.2. The third-order valence-corrected chi connectivity index (χ3v) is 3.70. The Bertz CT molecular complexity index is 418. The standard InChI is InChI=1S/C14H21FN2O/c1-3-18-12-5-4-10(8-11(12)15)13(16)14(6-7-14)9-17-2/h4-5,8,13,17H,3,6-7,9,16H2,1-2H3. The smallest absolute Gasteiger partial charge is 0.165 e. The monoisotopic (exact) mass is 252 g/mol. The highest BCUT2D eigenvalue weighted by Gasteiger charge is 2.47. The van der Waals surface area contributed by atoms with Crippen LogP contribution in [0.4, 0.5) is 4.39 Å². The Morgan fingerprint density at radius 1 is 1.50 bits per heavy atom. The van der Waals surface area contributed by atoms with Crippen molar-refractivity contribution >= 4 is 0 Å². The summed E-state index contributed by atoms with van der Waals surface area (Å²) < 4.78 is 19.0. The number of benzene rings is 1. The maximum Gasteiger partial charge on any atom is 0.165 e. The molecule has 0 radical (unpaired) electrons. The molecule has 3 N–H and O–H groups in total. The molecule has 0 aromatic heterocycles. The van der Waals surface area contributed by atoms with Crippen molar-refractivity contribution in [3.05, 3.63) is 29.6 Å². The highest BCUT2D eigenvalue weighted by Crippen LogP contribution is 2.53.